The number of hydrogen-bond acceptors (Lipinski definition) is 1. The quantitative estimate of drug-likeness (QED) is 0.768. The summed E-state index contributed by atoms with van der Waals surface area (Å²) in [5.41, 5.74) is 0.314. The minimum Gasteiger partial charge on any atom is -0.389 e. The molecule has 0 amide bonds. The van der Waals surface area contributed by atoms with Crippen LogP contribution < -0.4 is 0 Å². The molecule has 0 aromatic rings. The molecule has 1 nitrogen and oxygen atoms in total. The molecule has 98 valence electrons. The molecule has 0 aromatic carbocycles. The van der Waals surface area contributed by atoms with Gasteiger partial charge in [0.25, 0.3) is 0 Å². The SMILES string of the molecule is CC(C)C(C)(O)C12CC3CC(CC(C)(C3)C1)C2. The van der Waals surface area contributed by atoms with Crippen LogP contribution in [0.1, 0.15) is 66.2 Å². The van der Waals surface area contributed by atoms with Crippen molar-refractivity contribution in [3.8, 4) is 0 Å². The molecule has 3 unspecified atom stereocenters. The predicted octanol–water partition coefficient (Wildman–Crippen LogP) is 4.00. The second kappa shape index (κ2) is 3.29. The Balaban J connectivity index is 1.98. The van der Waals surface area contributed by atoms with Crippen molar-refractivity contribution in [1.29, 1.82) is 0 Å². The fourth-order valence-electron chi connectivity index (χ4n) is 5.92. The van der Waals surface area contributed by atoms with Gasteiger partial charge in [-0.05, 0) is 68.6 Å². The molecule has 1 heteroatoms. The van der Waals surface area contributed by atoms with Gasteiger partial charge in [-0.15, -0.1) is 0 Å². The molecule has 0 heterocycles. The van der Waals surface area contributed by atoms with Gasteiger partial charge in [-0.3, -0.25) is 0 Å². The highest BCUT2D eigenvalue weighted by Gasteiger charge is 2.62. The molecular formula is C16H28O. The average molecular weight is 236 g/mol. The van der Waals surface area contributed by atoms with Crippen LogP contribution in [0.3, 0.4) is 0 Å². The number of hydrogen-bond donors (Lipinski definition) is 1. The minimum atomic E-state index is -0.466. The second-order valence-electron chi connectivity index (χ2n) is 8.35. The topological polar surface area (TPSA) is 20.2 Å². The molecule has 4 fully saturated rings. The van der Waals surface area contributed by atoms with E-state index in [1.54, 1.807) is 0 Å². The van der Waals surface area contributed by atoms with E-state index < -0.39 is 5.60 Å². The van der Waals surface area contributed by atoms with E-state index in [4.69, 9.17) is 0 Å². The maximum atomic E-state index is 11.1. The Kier molecular flexibility index (Phi) is 2.32. The van der Waals surface area contributed by atoms with Crippen LogP contribution >= 0.6 is 0 Å². The first-order chi connectivity index (χ1) is 7.76. The van der Waals surface area contributed by atoms with E-state index in [0.717, 1.165) is 11.8 Å². The molecule has 0 aliphatic heterocycles. The first kappa shape index (κ1) is 12.0. The molecule has 4 saturated carbocycles. The second-order valence-corrected chi connectivity index (χ2v) is 8.35. The van der Waals surface area contributed by atoms with Crippen molar-refractivity contribution in [2.45, 2.75) is 71.8 Å². The van der Waals surface area contributed by atoms with E-state index in [-0.39, 0.29) is 5.41 Å². The van der Waals surface area contributed by atoms with E-state index in [2.05, 4.69) is 27.7 Å². The number of aliphatic hydroxyl groups is 1. The smallest absolute Gasteiger partial charge is 0.0698 e. The van der Waals surface area contributed by atoms with E-state index in [1.165, 1.54) is 38.5 Å². The monoisotopic (exact) mass is 236 g/mol. The Bertz CT molecular complexity index is 314. The zero-order chi connectivity index (χ0) is 12.5. The van der Waals surface area contributed by atoms with Crippen LogP contribution in [0.25, 0.3) is 0 Å². The summed E-state index contributed by atoms with van der Waals surface area (Å²) in [5, 5.41) is 11.1. The lowest BCUT2D eigenvalue weighted by Gasteiger charge is -2.66. The molecule has 4 aliphatic rings. The largest absolute Gasteiger partial charge is 0.389 e. The van der Waals surface area contributed by atoms with E-state index in [9.17, 15) is 5.11 Å². The van der Waals surface area contributed by atoms with Crippen molar-refractivity contribution < 1.29 is 5.11 Å². The predicted molar refractivity (Wildman–Crippen MR) is 70.7 cm³/mol. The summed E-state index contributed by atoms with van der Waals surface area (Å²) in [7, 11) is 0. The molecule has 4 aliphatic carbocycles. The minimum absolute atomic E-state index is 0.236. The fraction of sp³-hybridized carbons (Fsp3) is 1.00. The van der Waals surface area contributed by atoms with Crippen LogP contribution in [-0.2, 0) is 0 Å². The summed E-state index contributed by atoms with van der Waals surface area (Å²) in [5.74, 6) is 2.19. The van der Waals surface area contributed by atoms with Crippen molar-refractivity contribution in [3.63, 3.8) is 0 Å². The van der Waals surface area contributed by atoms with E-state index >= 15 is 0 Å². The lowest BCUT2D eigenvalue weighted by molar-refractivity contribution is -0.210. The van der Waals surface area contributed by atoms with Crippen LogP contribution in [0.15, 0.2) is 0 Å². The Morgan fingerprint density at radius 3 is 2.06 bits per heavy atom. The highest BCUT2D eigenvalue weighted by molar-refractivity contribution is 5.12. The van der Waals surface area contributed by atoms with Gasteiger partial charge in [0.1, 0.15) is 0 Å². The first-order valence-electron chi connectivity index (χ1n) is 7.49. The molecule has 4 rings (SSSR count). The Hall–Kier alpha value is -0.0400. The van der Waals surface area contributed by atoms with Crippen LogP contribution in [0, 0.1) is 28.6 Å². The van der Waals surface area contributed by atoms with Gasteiger partial charge in [0.2, 0.25) is 0 Å². The van der Waals surface area contributed by atoms with Gasteiger partial charge >= 0.3 is 0 Å². The third-order valence-electron chi connectivity index (χ3n) is 6.55. The van der Waals surface area contributed by atoms with Gasteiger partial charge in [-0.25, -0.2) is 0 Å². The van der Waals surface area contributed by atoms with Gasteiger partial charge in [-0.1, -0.05) is 20.8 Å². The molecule has 3 atom stereocenters. The Labute approximate surface area is 106 Å². The number of rotatable bonds is 2. The Morgan fingerprint density at radius 1 is 1.12 bits per heavy atom. The highest BCUT2D eigenvalue weighted by Crippen LogP contribution is 2.68. The van der Waals surface area contributed by atoms with Crippen LogP contribution in [0.4, 0.5) is 0 Å². The standard InChI is InChI=1S/C16H28O/c1-11(2)15(4,17)16-8-12-5-13(9-16)7-14(3,6-12)10-16/h11-13,17H,5-10H2,1-4H3. The van der Waals surface area contributed by atoms with E-state index in [0.29, 0.717) is 11.3 Å². The average Bonchev–Trinajstić information content (AvgIpc) is 2.12. The van der Waals surface area contributed by atoms with Crippen molar-refractivity contribution in [1.82, 2.24) is 0 Å². The third-order valence-corrected chi connectivity index (χ3v) is 6.55. The summed E-state index contributed by atoms with van der Waals surface area (Å²) >= 11 is 0. The summed E-state index contributed by atoms with van der Waals surface area (Å²) in [6, 6.07) is 0. The van der Waals surface area contributed by atoms with Gasteiger partial charge in [0, 0.05) is 5.41 Å². The Morgan fingerprint density at radius 2 is 1.65 bits per heavy atom. The van der Waals surface area contributed by atoms with Crippen LogP contribution in [0.5, 0.6) is 0 Å². The highest BCUT2D eigenvalue weighted by atomic mass is 16.3. The molecule has 0 saturated heterocycles. The fourth-order valence-corrected chi connectivity index (χ4v) is 5.92. The van der Waals surface area contributed by atoms with Gasteiger partial charge in [0.05, 0.1) is 5.60 Å². The van der Waals surface area contributed by atoms with Gasteiger partial charge in [-0.2, -0.15) is 0 Å². The first-order valence-corrected chi connectivity index (χ1v) is 7.49. The van der Waals surface area contributed by atoms with Crippen LogP contribution in [-0.4, -0.2) is 10.7 Å². The zero-order valence-corrected chi connectivity index (χ0v) is 11.9. The van der Waals surface area contributed by atoms with E-state index in [1.807, 2.05) is 0 Å². The molecule has 1 N–H and O–H groups in total. The maximum Gasteiger partial charge on any atom is 0.0698 e. The summed E-state index contributed by atoms with van der Waals surface area (Å²) in [4.78, 5) is 0. The molecule has 0 aromatic heterocycles. The summed E-state index contributed by atoms with van der Waals surface area (Å²) < 4.78 is 0. The zero-order valence-electron chi connectivity index (χ0n) is 11.9. The molecular weight excluding hydrogens is 208 g/mol. The molecule has 0 radical (unpaired) electrons. The maximum absolute atomic E-state index is 11.1. The van der Waals surface area contributed by atoms with Gasteiger partial charge in [0.15, 0.2) is 0 Å². The lowest BCUT2D eigenvalue weighted by atomic mass is 9.40. The normalized spacial score (nSPS) is 51.9. The van der Waals surface area contributed by atoms with Crippen molar-refractivity contribution in [2.24, 2.45) is 28.6 Å². The van der Waals surface area contributed by atoms with Gasteiger partial charge < -0.3 is 5.11 Å². The third kappa shape index (κ3) is 1.54. The summed E-state index contributed by atoms with van der Waals surface area (Å²) in [6.45, 7) is 8.99. The van der Waals surface area contributed by atoms with Crippen molar-refractivity contribution in [3.05, 3.63) is 0 Å². The molecule has 0 spiro atoms. The summed E-state index contributed by atoms with van der Waals surface area (Å²) in [6.07, 6.45) is 8.18. The lowest BCUT2D eigenvalue weighted by Crippen LogP contribution is -2.61. The molecule has 4 bridgehead atoms. The van der Waals surface area contributed by atoms with Crippen LogP contribution in [0.2, 0.25) is 0 Å². The molecule has 17 heavy (non-hydrogen) atoms. The van der Waals surface area contributed by atoms with Crippen molar-refractivity contribution in [2.75, 3.05) is 0 Å². The van der Waals surface area contributed by atoms with Crippen molar-refractivity contribution >= 4 is 0 Å².